The van der Waals surface area contributed by atoms with Gasteiger partial charge >= 0.3 is 11.9 Å². The van der Waals surface area contributed by atoms with Crippen LogP contribution in [0.2, 0.25) is 0 Å². The fraction of sp³-hybridized carbons (Fsp3) is 0.950. The molecular formula is C20H40N3O2+. The van der Waals surface area contributed by atoms with E-state index >= 15 is 0 Å². The highest BCUT2D eigenvalue weighted by atomic mass is 16.3. The van der Waals surface area contributed by atoms with E-state index in [1.165, 1.54) is 89.9 Å². The SMILES string of the molecule is CCCCCCCCCCCCCCCCCCC1C(=O)NN[N+]1=O. The second-order valence-electron chi connectivity index (χ2n) is 7.53. The van der Waals surface area contributed by atoms with E-state index < -0.39 is 6.04 Å². The molecule has 0 aliphatic carbocycles. The van der Waals surface area contributed by atoms with Gasteiger partial charge in [0, 0.05) is 6.42 Å². The summed E-state index contributed by atoms with van der Waals surface area (Å²) in [6.07, 6.45) is 22.0. The van der Waals surface area contributed by atoms with Crippen LogP contribution in [0, 0.1) is 4.91 Å². The van der Waals surface area contributed by atoms with Crippen molar-refractivity contribution in [3.63, 3.8) is 0 Å². The van der Waals surface area contributed by atoms with Crippen molar-refractivity contribution in [2.45, 2.75) is 122 Å². The fourth-order valence-corrected chi connectivity index (χ4v) is 3.51. The van der Waals surface area contributed by atoms with Gasteiger partial charge in [0.15, 0.2) is 0 Å². The third-order valence-electron chi connectivity index (χ3n) is 5.21. The molecule has 0 aromatic heterocycles. The molecule has 146 valence electrons. The maximum Gasteiger partial charge on any atom is 0.319 e. The number of hydrogen-bond acceptors (Lipinski definition) is 2. The summed E-state index contributed by atoms with van der Waals surface area (Å²) in [5.74, 6) is -0.198. The van der Waals surface area contributed by atoms with Crippen LogP contribution in [-0.4, -0.2) is 16.8 Å². The maximum atomic E-state index is 11.4. The Hall–Kier alpha value is -1.13. The summed E-state index contributed by atoms with van der Waals surface area (Å²) < 4.78 is 0. The van der Waals surface area contributed by atoms with Crippen LogP contribution in [0.1, 0.15) is 116 Å². The van der Waals surface area contributed by atoms with Gasteiger partial charge in [-0.3, -0.25) is 4.79 Å². The minimum absolute atomic E-state index is 0.198. The molecule has 1 amide bonds. The summed E-state index contributed by atoms with van der Waals surface area (Å²) in [4.78, 5) is 23.3. The minimum atomic E-state index is -0.536. The number of nitrogens with zero attached hydrogens (tertiary/aromatic N) is 1. The van der Waals surface area contributed by atoms with Crippen LogP contribution in [0.3, 0.4) is 0 Å². The molecule has 0 radical (unpaired) electrons. The molecule has 0 aromatic carbocycles. The second kappa shape index (κ2) is 15.2. The first-order valence-corrected chi connectivity index (χ1v) is 10.8. The van der Waals surface area contributed by atoms with Gasteiger partial charge in [0.2, 0.25) is 0 Å². The van der Waals surface area contributed by atoms with Gasteiger partial charge in [0.25, 0.3) is 0 Å². The molecule has 1 saturated heterocycles. The Balaban J connectivity index is 1.73. The Labute approximate surface area is 154 Å². The van der Waals surface area contributed by atoms with Crippen molar-refractivity contribution in [1.82, 2.24) is 11.0 Å². The second-order valence-corrected chi connectivity index (χ2v) is 7.53. The van der Waals surface area contributed by atoms with Crippen LogP contribution in [0.5, 0.6) is 0 Å². The number of unbranched alkanes of at least 4 members (excludes halogenated alkanes) is 15. The van der Waals surface area contributed by atoms with E-state index in [-0.39, 0.29) is 5.91 Å². The smallest absolute Gasteiger partial charge is 0.265 e. The predicted octanol–water partition coefficient (Wildman–Crippen LogP) is 5.33. The summed E-state index contributed by atoms with van der Waals surface area (Å²) in [6.45, 7) is 2.27. The molecule has 1 aliphatic rings. The van der Waals surface area contributed by atoms with Gasteiger partial charge in [0.05, 0.1) is 4.91 Å². The average molecular weight is 355 g/mol. The fourth-order valence-electron chi connectivity index (χ4n) is 3.51. The molecule has 0 saturated carbocycles. The minimum Gasteiger partial charge on any atom is -0.265 e. The Kier molecular flexibility index (Phi) is 13.3. The maximum absolute atomic E-state index is 11.4. The lowest BCUT2D eigenvalue weighted by atomic mass is 10.0. The van der Waals surface area contributed by atoms with Crippen LogP contribution in [-0.2, 0) is 4.79 Å². The number of carbonyl (C=O) groups excluding carboxylic acids is 1. The highest BCUT2D eigenvalue weighted by Crippen LogP contribution is 2.15. The van der Waals surface area contributed by atoms with E-state index in [0.29, 0.717) is 11.3 Å². The highest BCUT2D eigenvalue weighted by molar-refractivity contribution is 5.80. The van der Waals surface area contributed by atoms with Gasteiger partial charge in [-0.25, -0.2) is 5.43 Å². The molecule has 5 nitrogen and oxygen atoms in total. The van der Waals surface area contributed by atoms with Crippen molar-refractivity contribution in [1.29, 1.82) is 0 Å². The summed E-state index contributed by atoms with van der Waals surface area (Å²) in [6, 6.07) is -0.536. The predicted molar refractivity (Wildman–Crippen MR) is 103 cm³/mol. The van der Waals surface area contributed by atoms with E-state index in [4.69, 9.17) is 0 Å². The molecule has 0 spiro atoms. The Morgan fingerprint density at radius 1 is 0.720 bits per heavy atom. The van der Waals surface area contributed by atoms with Crippen molar-refractivity contribution in [2.24, 2.45) is 0 Å². The van der Waals surface area contributed by atoms with E-state index in [1.54, 1.807) is 0 Å². The van der Waals surface area contributed by atoms with Crippen molar-refractivity contribution >= 4 is 5.91 Å². The molecular weight excluding hydrogens is 314 g/mol. The zero-order chi connectivity index (χ0) is 18.2. The molecule has 25 heavy (non-hydrogen) atoms. The average Bonchev–Trinajstić information content (AvgIpc) is 2.93. The standard InChI is InChI=1S/C20H39N3O2/c1-2-3-4-5-6-7-8-9-10-11-12-13-14-15-16-17-18-19-20(24)21-22-23(19)25/h19H,2-18H2,1H3,(H-,21,22,24,25)/p+1. The van der Waals surface area contributed by atoms with Crippen molar-refractivity contribution in [3.8, 4) is 0 Å². The van der Waals surface area contributed by atoms with E-state index in [9.17, 15) is 9.70 Å². The lowest BCUT2D eigenvalue weighted by Gasteiger charge is -2.03. The summed E-state index contributed by atoms with van der Waals surface area (Å²) in [5.41, 5.74) is 4.65. The third-order valence-corrected chi connectivity index (χ3v) is 5.21. The van der Waals surface area contributed by atoms with Crippen LogP contribution in [0.4, 0.5) is 0 Å². The zero-order valence-corrected chi connectivity index (χ0v) is 16.4. The normalized spacial score (nSPS) is 16.9. The number of hydrogen-bond donors (Lipinski definition) is 2. The molecule has 0 bridgehead atoms. The van der Waals surface area contributed by atoms with Crippen LogP contribution in [0.25, 0.3) is 0 Å². The molecule has 0 aromatic rings. The molecule has 1 fully saturated rings. The highest BCUT2D eigenvalue weighted by Gasteiger charge is 2.40. The molecule has 1 aliphatic heterocycles. The lowest BCUT2D eigenvalue weighted by Crippen LogP contribution is -2.28. The first-order valence-electron chi connectivity index (χ1n) is 10.8. The summed E-state index contributed by atoms with van der Waals surface area (Å²) in [5, 5.41) is 0. The number of amides is 1. The van der Waals surface area contributed by atoms with Gasteiger partial charge in [0.1, 0.15) is 4.87 Å². The third kappa shape index (κ3) is 11.2. The van der Waals surface area contributed by atoms with Gasteiger partial charge in [-0.2, -0.15) is 0 Å². The molecule has 5 heteroatoms. The summed E-state index contributed by atoms with van der Waals surface area (Å²) in [7, 11) is 0. The molecule has 1 heterocycles. The zero-order valence-electron chi connectivity index (χ0n) is 16.4. The number of nitroso groups, excluding NO2 is 1. The number of carbonyl (C=O) groups is 1. The quantitative estimate of drug-likeness (QED) is 0.274. The van der Waals surface area contributed by atoms with Crippen molar-refractivity contribution < 1.29 is 9.66 Å². The van der Waals surface area contributed by atoms with Gasteiger partial charge in [-0.15, -0.1) is 0 Å². The van der Waals surface area contributed by atoms with Crippen LogP contribution < -0.4 is 11.0 Å². The van der Waals surface area contributed by atoms with Gasteiger partial charge in [-0.05, 0) is 6.42 Å². The lowest BCUT2D eigenvalue weighted by molar-refractivity contribution is -0.619. The van der Waals surface area contributed by atoms with Crippen molar-refractivity contribution in [3.05, 3.63) is 4.91 Å². The topological polar surface area (TPSA) is 61.2 Å². The Bertz CT molecular complexity index is 345. The first-order chi connectivity index (χ1) is 12.3. The molecule has 1 atom stereocenters. The Morgan fingerprint density at radius 3 is 1.48 bits per heavy atom. The Morgan fingerprint density at radius 2 is 1.12 bits per heavy atom. The van der Waals surface area contributed by atoms with Crippen LogP contribution in [0.15, 0.2) is 0 Å². The van der Waals surface area contributed by atoms with E-state index in [2.05, 4.69) is 17.9 Å². The van der Waals surface area contributed by atoms with E-state index in [1.807, 2.05) is 0 Å². The van der Waals surface area contributed by atoms with Crippen LogP contribution >= 0.6 is 0 Å². The molecule has 1 unspecified atom stereocenters. The summed E-state index contributed by atoms with van der Waals surface area (Å²) >= 11 is 0. The van der Waals surface area contributed by atoms with Gasteiger partial charge in [-0.1, -0.05) is 109 Å². The van der Waals surface area contributed by atoms with E-state index in [0.717, 1.165) is 12.8 Å². The molecule has 2 N–H and O–H groups in total. The molecule has 1 rings (SSSR count). The first kappa shape index (κ1) is 21.9. The van der Waals surface area contributed by atoms with Crippen molar-refractivity contribution in [2.75, 3.05) is 0 Å². The number of rotatable bonds is 17. The largest absolute Gasteiger partial charge is 0.319 e. The monoisotopic (exact) mass is 354 g/mol. The number of nitrogens with one attached hydrogen (secondary N) is 2. The number of hydrazine groups is 2. The van der Waals surface area contributed by atoms with Gasteiger partial charge < -0.3 is 0 Å².